The summed E-state index contributed by atoms with van der Waals surface area (Å²) in [6, 6.07) is 48.2. The first-order valence-corrected chi connectivity index (χ1v) is 17.5. The Morgan fingerprint density at radius 1 is 0.486 bits per heavy atom. The first kappa shape index (κ1) is 24.7. The minimum absolute atomic E-state index is 0.842. The van der Waals surface area contributed by atoms with Gasteiger partial charge in [-0.1, -0.05) is 0 Å². The molecule has 0 heterocycles. The van der Waals surface area contributed by atoms with Crippen LogP contribution in [0.2, 0.25) is 0 Å². The summed E-state index contributed by atoms with van der Waals surface area (Å²) in [6.07, 6.45) is 0.842. The van der Waals surface area contributed by atoms with E-state index >= 15 is 0 Å². The Morgan fingerprint density at radius 3 is 1.37 bits per heavy atom. The molecule has 0 atom stereocenters. The molecule has 0 nitrogen and oxygen atoms in total. The van der Waals surface area contributed by atoms with Gasteiger partial charge < -0.3 is 0 Å². The molecule has 0 aromatic heterocycles. The predicted octanol–water partition coefficient (Wildman–Crippen LogP) is 9.22. The zero-order chi connectivity index (χ0) is 24.3. The Kier molecular flexibility index (Phi) is 7.15. The quantitative estimate of drug-likeness (QED) is 0.159. The summed E-state index contributed by atoms with van der Waals surface area (Å²) in [4.78, 5) is 0. The Morgan fingerprint density at radius 2 is 0.914 bits per heavy atom. The monoisotopic (exact) mass is 664 g/mol. The third kappa shape index (κ3) is 4.60. The van der Waals surface area contributed by atoms with Crippen molar-refractivity contribution in [3.05, 3.63) is 148 Å². The van der Waals surface area contributed by atoms with Gasteiger partial charge in [0.05, 0.1) is 0 Å². The van der Waals surface area contributed by atoms with Gasteiger partial charge in [-0.25, -0.2) is 0 Å². The molecule has 0 unspecified atom stereocenters. The predicted molar refractivity (Wildman–Crippen MR) is 165 cm³/mol. The molecule has 0 aliphatic carbocycles. The van der Waals surface area contributed by atoms with Crippen molar-refractivity contribution in [1.82, 2.24) is 0 Å². The van der Waals surface area contributed by atoms with E-state index in [-0.39, 0.29) is 0 Å². The molecule has 5 rings (SSSR count). The number of halogens is 3. The molecule has 0 saturated heterocycles. The minimum atomic E-state index is -3.10. The molecule has 5 aromatic rings. The number of hydrogen-bond donors (Lipinski definition) is 0. The number of rotatable bonds is 6. The first-order chi connectivity index (χ1) is 17.0. The average molecular weight is 667 g/mol. The van der Waals surface area contributed by atoms with E-state index < -0.39 is 5.31 Å². The number of benzene rings is 5. The van der Waals surface area contributed by atoms with Crippen molar-refractivity contribution >= 4 is 68.6 Å². The van der Waals surface area contributed by atoms with E-state index in [0.29, 0.717) is 0 Å². The Labute approximate surface area is 232 Å². The second-order valence-electron chi connectivity index (χ2n) is 8.66. The molecule has 35 heavy (non-hydrogen) atoms. The van der Waals surface area contributed by atoms with E-state index in [1.165, 1.54) is 32.6 Å². The fourth-order valence-electron chi connectivity index (χ4n) is 4.86. The second kappa shape index (κ2) is 10.1. The third-order valence-corrected chi connectivity index (χ3v) is 17.1. The van der Waals surface area contributed by atoms with Crippen molar-refractivity contribution in [2.45, 2.75) is 6.16 Å². The van der Waals surface area contributed by atoms with Crippen LogP contribution in [0.3, 0.4) is 0 Å². The van der Waals surface area contributed by atoms with Crippen LogP contribution in [0.15, 0.2) is 142 Å². The van der Waals surface area contributed by atoms with E-state index in [1.54, 1.807) is 0 Å². The molecule has 0 bridgehead atoms. The molecular formula is C31H24Br3P. The first-order valence-electron chi connectivity index (χ1n) is 11.4. The molecule has 0 spiro atoms. The Balaban J connectivity index is 1.85. The summed E-state index contributed by atoms with van der Waals surface area (Å²) in [7, 11) is 0. The number of hydrogen-bond acceptors (Lipinski definition) is 0. The molecular weight excluding hydrogens is 643 g/mol. The van der Waals surface area contributed by atoms with Crippen LogP contribution in [-0.2, 0) is 6.16 Å². The summed E-state index contributed by atoms with van der Waals surface area (Å²) in [5.41, 5.74) is 3.76. The van der Waals surface area contributed by atoms with E-state index in [4.69, 9.17) is 0 Å². The summed E-state index contributed by atoms with van der Waals surface area (Å²) in [5, 5.41) is 0.848. The van der Waals surface area contributed by atoms with Crippen LogP contribution in [-0.4, -0.2) is 0 Å². The molecule has 0 aliphatic rings. The summed E-state index contributed by atoms with van der Waals surface area (Å²) in [5.74, 6) is 0. The second-order valence-corrected chi connectivity index (χ2v) is 19.4. The van der Waals surface area contributed by atoms with Gasteiger partial charge in [-0.2, -0.15) is 0 Å². The maximum atomic E-state index is 4.60. The molecule has 0 N–H and O–H groups in total. The van der Waals surface area contributed by atoms with Gasteiger partial charge in [-0.3, -0.25) is 0 Å². The Bertz CT molecular complexity index is 1330. The molecule has 0 saturated carbocycles. The van der Waals surface area contributed by atoms with Crippen LogP contribution < -0.4 is 15.9 Å². The molecule has 5 aromatic carbocycles. The van der Waals surface area contributed by atoms with Crippen LogP contribution in [0.25, 0.3) is 11.1 Å². The van der Waals surface area contributed by atoms with Crippen molar-refractivity contribution in [3.8, 4) is 11.1 Å². The van der Waals surface area contributed by atoms with Gasteiger partial charge in [-0.15, -0.1) is 0 Å². The van der Waals surface area contributed by atoms with Crippen molar-refractivity contribution in [3.63, 3.8) is 0 Å². The zero-order valence-corrected chi connectivity index (χ0v) is 24.6. The molecule has 0 radical (unpaired) electrons. The van der Waals surface area contributed by atoms with Gasteiger partial charge in [-0.05, 0) is 0 Å². The van der Waals surface area contributed by atoms with Gasteiger partial charge in [0.2, 0.25) is 0 Å². The molecule has 0 amide bonds. The molecule has 174 valence electrons. The average Bonchev–Trinajstić information content (AvgIpc) is 2.91. The van der Waals surface area contributed by atoms with E-state index in [1.807, 2.05) is 0 Å². The fourth-order valence-corrected chi connectivity index (χ4v) is 13.2. The van der Waals surface area contributed by atoms with Gasteiger partial charge >= 0.3 is 234 Å². The van der Waals surface area contributed by atoms with Crippen LogP contribution in [0, 0.1) is 0 Å². The van der Waals surface area contributed by atoms with Crippen molar-refractivity contribution < 1.29 is 0 Å². The third-order valence-electron chi connectivity index (χ3n) is 6.57. The fraction of sp³-hybridized carbons (Fsp3) is 0.0323. The van der Waals surface area contributed by atoms with Crippen LogP contribution >= 0.6 is 52.7 Å². The van der Waals surface area contributed by atoms with Gasteiger partial charge in [0.1, 0.15) is 0 Å². The van der Waals surface area contributed by atoms with Gasteiger partial charge in [0.15, 0.2) is 0 Å². The SMILES string of the molecule is Brc1ccc(-c2ccc(Br)cc2CP(Br)(c2ccccc2)(c2ccccc2)c2ccccc2)cc1. The summed E-state index contributed by atoms with van der Waals surface area (Å²) < 4.78 is 2.16. The van der Waals surface area contributed by atoms with E-state index in [0.717, 1.165) is 15.1 Å². The van der Waals surface area contributed by atoms with Crippen LogP contribution in [0.1, 0.15) is 5.56 Å². The van der Waals surface area contributed by atoms with Crippen LogP contribution in [0.4, 0.5) is 0 Å². The van der Waals surface area contributed by atoms with Crippen LogP contribution in [0.5, 0.6) is 0 Å². The Hall–Kier alpha value is -2.03. The van der Waals surface area contributed by atoms with E-state index in [9.17, 15) is 0 Å². The molecule has 4 heteroatoms. The summed E-state index contributed by atoms with van der Waals surface area (Å²) >= 11 is 12.0. The maximum absolute atomic E-state index is 4.60. The standard InChI is InChI=1S/C31H24Br3P/c32-26-18-16-24(17-19-26)31-21-20-27(33)22-25(31)23-35(34,28-10-4-1-5-11-28,29-12-6-2-7-13-29)30-14-8-3-9-15-30/h1-22H,23H2. The van der Waals surface area contributed by atoms with Crippen molar-refractivity contribution in [2.75, 3.05) is 0 Å². The normalized spacial score (nSPS) is 12.6. The van der Waals surface area contributed by atoms with Crippen molar-refractivity contribution in [2.24, 2.45) is 0 Å². The van der Waals surface area contributed by atoms with Gasteiger partial charge in [0, 0.05) is 0 Å². The summed E-state index contributed by atoms with van der Waals surface area (Å²) in [6.45, 7) is 0. The van der Waals surface area contributed by atoms with E-state index in [2.05, 4.69) is 181 Å². The zero-order valence-electron chi connectivity index (χ0n) is 19.0. The van der Waals surface area contributed by atoms with Crippen molar-refractivity contribution in [1.29, 1.82) is 0 Å². The van der Waals surface area contributed by atoms with Gasteiger partial charge in [0.25, 0.3) is 0 Å². The molecule has 0 fully saturated rings. The topological polar surface area (TPSA) is 0 Å². The molecule has 0 aliphatic heterocycles.